The predicted octanol–water partition coefficient (Wildman–Crippen LogP) is 2.92. The first-order valence-electron chi connectivity index (χ1n) is 6.19. The molecule has 0 radical (unpaired) electrons. The molecule has 1 aromatic carbocycles. The number of nitrogens with one attached hydrogen (secondary N) is 2. The van der Waals surface area contributed by atoms with E-state index in [-0.39, 0.29) is 0 Å². The molecule has 0 amide bonds. The van der Waals surface area contributed by atoms with Crippen LogP contribution in [0.25, 0.3) is 11.3 Å². The zero-order valence-electron chi connectivity index (χ0n) is 10.6. The summed E-state index contributed by atoms with van der Waals surface area (Å²) in [5.74, 6) is 1.21. The van der Waals surface area contributed by atoms with Crippen LogP contribution < -0.4 is 5.32 Å². The molecule has 96 valence electrons. The quantitative estimate of drug-likeness (QED) is 0.753. The fraction of sp³-hybridized carbons (Fsp3) is 0.357. The van der Waals surface area contributed by atoms with Gasteiger partial charge in [-0.1, -0.05) is 30.3 Å². The Labute approximate surface area is 112 Å². The van der Waals surface area contributed by atoms with Crippen molar-refractivity contribution in [2.45, 2.75) is 13.0 Å². The molecule has 2 rings (SSSR count). The number of H-pyrrole nitrogens is 1. The summed E-state index contributed by atoms with van der Waals surface area (Å²) < 4.78 is 0. The fourth-order valence-electron chi connectivity index (χ4n) is 1.86. The van der Waals surface area contributed by atoms with Crippen LogP contribution in [-0.4, -0.2) is 28.8 Å². The summed E-state index contributed by atoms with van der Waals surface area (Å²) in [5, 5.41) is 10.7. The first kappa shape index (κ1) is 13.2. The van der Waals surface area contributed by atoms with E-state index in [0.29, 0.717) is 0 Å². The zero-order chi connectivity index (χ0) is 12.6. The van der Waals surface area contributed by atoms with Gasteiger partial charge in [0.25, 0.3) is 0 Å². The number of nitrogens with zero attached hydrogens (tertiary/aromatic N) is 1. The van der Waals surface area contributed by atoms with Crippen molar-refractivity contribution in [1.29, 1.82) is 0 Å². The van der Waals surface area contributed by atoms with Crippen LogP contribution in [0.3, 0.4) is 0 Å². The molecule has 0 aliphatic rings. The molecule has 2 aromatic rings. The molecule has 0 unspecified atom stereocenters. The SMILES string of the molecule is CSCCCNCc1cn[nH]c1-c1ccccc1. The van der Waals surface area contributed by atoms with Crippen LogP contribution in [0.5, 0.6) is 0 Å². The highest BCUT2D eigenvalue weighted by Crippen LogP contribution is 2.20. The largest absolute Gasteiger partial charge is 0.313 e. The Morgan fingerprint density at radius 1 is 1.28 bits per heavy atom. The normalized spacial score (nSPS) is 10.7. The van der Waals surface area contributed by atoms with Gasteiger partial charge in [-0.2, -0.15) is 16.9 Å². The van der Waals surface area contributed by atoms with Crippen LogP contribution in [0.4, 0.5) is 0 Å². The van der Waals surface area contributed by atoms with E-state index in [1.165, 1.54) is 23.3 Å². The molecule has 3 nitrogen and oxygen atoms in total. The van der Waals surface area contributed by atoms with Crippen molar-refractivity contribution in [2.24, 2.45) is 0 Å². The second-order valence-corrected chi connectivity index (χ2v) is 5.14. The Morgan fingerprint density at radius 3 is 2.89 bits per heavy atom. The third-order valence-electron chi connectivity index (χ3n) is 2.80. The fourth-order valence-corrected chi connectivity index (χ4v) is 2.30. The van der Waals surface area contributed by atoms with Gasteiger partial charge < -0.3 is 5.32 Å². The van der Waals surface area contributed by atoms with E-state index in [1.54, 1.807) is 0 Å². The third-order valence-corrected chi connectivity index (χ3v) is 3.49. The lowest BCUT2D eigenvalue weighted by molar-refractivity contribution is 0.680. The number of hydrogen-bond acceptors (Lipinski definition) is 3. The second-order valence-electron chi connectivity index (χ2n) is 4.16. The van der Waals surface area contributed by atoms with Gasteiger partial charge in [0, 0.05) is 12.1 Å². The standard InChI is InChI=1S/C14H19N3S/c1-18-9-5-8-15-10-13-11-16-17-14(13)12-6-3-2-4-7-12/h2-4,6-7,11,15H,5,8-10H2,1H3,(H,16,17). The maximum Gasteiger partial charge on any atom is 0.0695 e. The number of aromatic amines is 1. The first-order chi connectivity index (χ1) is 8.92. The highest BCUT2D eigenvalue weighted by molar-refractivity contribution is 7.98. The molecular weight excluding hydrogens is 242 g/mol. The Hall–Kier alpha value is -1.26. The van der Waals surface area contributed by atoms with Gasteiger partial charge in [-0.3, -0.25) is 5.10 Å². The molecule has 2 N–H and O–H groups in total. The maximum atomic E-state index is 4.14. The summed E-state index contributed by atoms with van der Waals surface area (Å²) >= 11 is 1.89. The van der Waals surface area contributed by atoms with Gasteiger partial charge in [0.05, 0.1) is 11.9 Å². The van der Waals surface area contributed by atoms with Crippen LogP contribution in [0, 0.1) is 0 Å². The molecule has 1 heterocycles. The Balaban J connectivity index is 1.92. The van der Waals surface area contributed by atoms with Gasteiger partial charge in [0.2, 0.25) is 0 Å². The topological polar surface area (TPSA) is 40.7 Å². The van der Waals surface area contributed by atoms with Gasteiger partial charge >= 0.3 is 0 Å². The molecule has 0 saturated carbocycles. The Morgan fingerprint density at radius 2 is 2.11 bits per heavy atom. The summed E-state index contributed by atoms with van der Waals surface area (Å²) in [6.45, 7) is 1.93. The van der Waals surface area contributed by atoms with E-state index in [2.05, 4.69) is 33.9 Å². The van der Waals surface area contributed by atoms with E-state index >= 15 is 0 Å². The molecule has 0 aliphatic heterocycles. The molecule has 0 fully saturated rings. The van der Waals surface area contributed by atoms with Crippen molar-refractivity contribution < 1.29 is 0 Å². The minimum absolute atomic E-state index is 0.870. The second kappa shape index (κ2) is 7.24. The van der Waals surface area contributed by atoms with Crippen LogP contribution in [0.2, 0.25) is 0 Å². The molecule has 0 aliphatic carbocycles. The van der Waals surface area contributed by atoms with Crippen LogP contribution >= 0.6 is 11.8 Å². The van der Waals surface area contributed by atoms with E-state index in [1.807, 2.05) is 36.2 Å². The van der Waals surface area contributed by atoms with Crippen molar-refractivity contribution >= 4 is 11.8 Å². The summed E-state index contributed by atoms with van der Waals surface area (Å²) in [5.41, 5.74) is 3.54. The van der Waals surface area contributed by atoms with Gasteiger partial charge in [-0.05, 0) is 30.5 Å². The zero-order valence-corrected chi connectivity index (χ0v) is 11.5. The molecule has 0 atom stereocenters. The summed E-state index contributed by atoms with van der Waals surface area (Å²) in [6, 6.07) is 10.3. The predicted molar refractivity (Wildman–Crippen MR) is 78.7 cm³/mol. The number of hydrogen-bond donors (Lipinski definition) is 2. The lowest BCUT2D eigenvalue weighted by Gasteiger charge is -2.05. The lowest BCUT2D eigenvalue weighted by Crippen LogP contribution is -2.15. The molecule has 0 saturated heterocycles. The van der Waals surface area contributed by atoms with E-state index in [4.69, 9.17) is 0 Å². The lowest BCUT2D eigenvalue weighted by atomic mass is 10.1. The third kappa shape index (κ3) is 3.62. The monoisotopic (exact) mass is 261 g/mol. The molecule has 0 spiro atoms. The maximum absolute atomic E-state index is 4.14. The minimum atomic E-state index is 0.870. The average Bonchev–Trinajstić information content (AvgIpc) is 2.88. The van der Waals surface area contributed by atoms with E-state index in [9.17, 15) is 0 Å². The van der Waals surface area contributed by atoms with Gasteiger partial charge in [0.15, 0.2) is 0 Å². The molecule has 1 aromatic heterocycles. The molecule has 4 heteroatoms. The average molecular weight is 261 g/mol. The number of benzene rings is 1. The van der Waals surface area contributed by atoms with E-state index in [0.717, 1.165) is 18.8 Å². The highest BCUT2D eigenvalue weighted by Gasteiger charge is 2.06. The molecule has 18 heavy (non-hydrogen) atoms. The summed E-state index contributed by atoms with van der Waals surface area (Å²) in [6.07, 6.45) is 5.26. The smallest absolute Gasteiger partial charge is 0.0695 e. The van der Waals surface area contributed by atoms with Crippen molar-refractivity contribution in [2.75, 3.05) is 18.6 Å². The molecule has 0 bridgehead atoms. The van der Waals surface area contributed by atoms with Crippen LogP contribution in [0.15, 0.2) is 36.5 Å². The first-order valence-corrected chi connectivity index (χ1v) is 7.58. The van der Waals surface area contributed by atoms with Crippen molar-refractivity contribution in [1.82, 2.24) is 15.5 Å². The van der Waals surface area contributed by atoms with Crippen molar-refractivity contribution in [3.8, 4) is 11.3 Å². The summed E-state index contributed by atoms with van der Waals surface area (Å²) in [4.78, 5) is 0. The highest BCUT2D eigenvalue weighted by atomic mass is 32.2. The number of rotatable bonds is 7. The summed E-state index contributed by atoms with van der Waals surface area (Å²) in [7, 11) is 0. The van der Waals surface area contributed by atoms with Crippen molar-refractivity contribution in [3.05, 3.63) is 42.1 Å². The van der Waals surface area contributed by atoms with E-state index < -0.39 is 0 Å². The van der Waals surface area contributed by atoms with Gasteiger partial charge in [-0.15, -0.1) is 0 Å². The minimum Gasteiger partial charge on any atom is -0.313 e. The van der Waals surface area contributed by atoms with Gasteiger partial charge in [0.1, 0.15) is 0 Å². The molecular formula is C14H19N3S. The Bertz CT molecular complexity index is 453. The number of aromatic nitrogens is 2. The Kier molecular flexibility index (Phi) is 5.30. The van der Waals surface area contributed by atoms with Gasteiger partial charge in [-0.25, -0.2) is 0 Å². The van der Waals surface area contributed by atoms with Crippen molar-refractivity contribution in [3.63, 3.8) is 0 Å². The van der Waals surface area contributed by atoms with Crippen LogP contribution in [-0.2, 0) is 6.54 Å². The number of thioether (sulfide) groups is 1. The van der Waals surface area contributed by atoms with Crippen LogP contribution in [0.1, 0.15) is 12.0 Å².